The van der Waals surface area contributed by atoms with Crippen LogP contribution in [0.2, 0.25) is 0 Å². The van der Waals surface area contributed by atoms with Gasteiger partial charge in [-0.1, -0.05) is 84.7 Å². The maximum Gasteiger partial charge on any atom is 0.250 e. The Kier molecular flexibility index (Phi) is 8.10. The number of amides is 3. The molecule has 8 atom stereocenters. The lowest BCUT2D eigenvalue weighted by Crippen LogP contribution is -2.58. The lowest BCUT2D eigenvalue weighted by Gasteiger charge is -2.39. The summed E-state index contributed by atoms with van der Waals surface area (Å²) >= 11 is 3.72. The fourth-order valence-corrected chi connectivity index (χ4v) is 7.89. The van der Waals surface area contributed by atoms with Crippen molar-refractivity contribution in [3.63, 3.8) is 0 Å². The standard InChI is InChI=1S/C31H38BrN3O5/c1-5-17(2)22(16-36)35-27(29(38)34-25-18(3)10-9-11-19(25)4)31-14-21(32)26(40-31)23(24(31)30(35)39)28(37)33-15-20-12-7-6-8-13-20/h6-13,17,21-24,26-27,36H,5,14-16H2,1-4H3,(H,33,37)(H,34,38)/t17-,21?,22-,23-,24-,26-,27?,31?/m0/s1. The highest BCUT2D eigenvalue weighted by Gasteiger charge is 2.77. The van der Waals surface area contributed by atoms with Gasteiger partial charge in [0.05, 0.1) is 30.6 Å². The predicted molar refractivity (Wildman–Crippen MR) is 156 cm³/mol. The van der Waals surface area contributed by atoms with Crippen molar-refractivity contribution in [2.24, 2.45) is 17.8 Å². The molecule has 0 aromatic heterocycles. The Hall–Kier alpha value is -2.75. The summed E-state index contributed by atoms with van der Waals surface area (Å²) < 4.78 is 6.61. The van der Waals surface area contributed by atoms with Crippen LogP contribution >= 0.6 is 15.9 Å². The number of para-hydroxylation sites is 1. The second kappa shape index (κ2) is 11.3. The molecule has 214 valence electrons. The van der Waals surface area contributed by atoms with E-state index in [0.717, 1.165) is 16.7 Å². The van der Waals surface area contributed by atoms with E-state index < -0.39 is 35.6 Å². The molecule has 0 aliphatic carbocycles. The number of carbonyl (C=O) groups is 3. The van der Waals surface area contributed by atoms with Crippen molar-refractivity contribution in [3.05, 3.63) is 65.2 Å². The normalized spacial score (nSPS) is 30.2. The van der Waals surface area contributed by atoms with E-state index in [2.05, 4.69) is 26.6 Å². The van der Waals surface area contributed by atoms with Crippen LogP contribution < -0.4 is 10.6 Å². The van der Waals surface area contributed by atoms with Gasteiger partial charge in [0.15, 0.2) is 0 Å². The first kappa shape index (κ1) is 28.8. The topological polar surface area (TPSA) is 108 Å². The quantitative estimate of drug-likeness (QED) is 0.375. The molecular weight excluding hydrogens is 574 g/mol. The molecule has 3 aliphatic rings. The highest BCUT2D eigenvalue weighted by molar-refractivity contribution is 9.09. The van der Waals surface area contributed by atoms with Gasteiger partial charge in [-0.2, -0.15) is 0 Å². The van der Waals surface area contributed by atoms with E-state index >= 15 is 0 Å². The van der Waals surface area contributed by atoms with E-state index in [1.165, 1.54) is 0 Å². The van der Waals surface area contributed by atoms with Crippen molar-refractivity contribution in [3.8, 4) is 0 Å². The molecule has 3 heterocycles. The molecule has 0 saturated carbocycles. The van der Waals surface area contributed by atoms with E-state index in [1.54, 1.807) is 4.90 Å². The van der Waals surface area contributed by atoms with Crippen LogP contribution in [0.4, 0.5) is 5.69 Å². The van der Waals surface area contributed by atoms with Gasteiger partial charge >= 0.3 is 0 Å². The highest BCUT2D eigenvalue weighted by Crippen LogP contribution is 2.60. The summed E-state index contributed by atoms with van der Waals surface area (Å²) in [7, 11) is 0. The number of hydrogen-bond donors (Lipinski definition) is 3. The van der Waals surface area contributed by atoms with Crippen LogP contribution in [0.25, 0.3) is 0 Å². The van der Waals surface area contributed by atoms with Crippen molar-refractivity contribution < 1.29 is 24.2 Å². The second-order valence-corrected chi connectivity index (χ2v) is 12.7. The number of alkyl halides is 1. The number of hydrogen-bond acceptors (Lipinski definition) is 5. The minimum absolute atomic E-state index is 0.0676. The zero-order valence-corrected chi connectivity index (χ0v) is 25.0. The molecule has 5 rings (SSSR count). The van der Waals surface area contributed by atoms with Crippen LogP contribution in [0, 0.1) is 31.6 Å². The third-order valence-electron chi connectivity index (χ3n) is 9.16. The maximum atomic E-state index is 14.3. The number of anilines is 1. The summed E-state index contributed by atoms with van der Waals surface area (Å²) in [5.41, 5.74) is 2.28. The summed E-state index contributed by atoms with van der Waals surface area (Å²) in [5, 5.41) is 16.6. The molecule has 2 aromatic rings. The van der Waals surface area contributed by atoms with E-state index in [9.17, 15) is 19.5 Å². The number of likely N-dealkylation sites (tertiary alicyclic amines) is 1. The molecule has 8 nitrogen and oxygen atoms in total. The van der Waals surface area contributed by atoms with Gasteiger partial charge < -0.3 is 25.4 Å². The van der Waals surface area contributed by atoms with Gasteiger partial charge in [0.1, 0.15) is 11.6 Å². The fraction of sp³-hybridized carbons (Fsp3) is 0.516. The summed E-state index contributed by atoms with van der Waals surface area (Å²) in [5.74, 6) is -2.58. The molecule has 2 aromatic carbocycles. The molecule has 3 amide bonds. The molecule has 3 unspecified atom stereocenters. The molecule has 3 fully saturated rings. The monoisotopic (exact) mass is 611 g/mol. The molecule has 3 aliphatic heterocycles. The third kappa shape index (κ3) is 4.65. The average Bonchev–Trinajstić information content (AvgIpc) is 3.54. The number of benzene rings is 2. The predicted octanol–water partition coefficient (Wildman–Crippen LogP) is 3.71. The number of aryl methyl sites for hydroxylation is 2. The molecule has 2 bridgehead atoms. The zero-order valence-electron chi connectivity index (χ0n) is 23.4. The molecular formula is C31H38BrN3O5. The number of halogens is 1. The van der Waals surface area contributed by atoms with Crippen LogP contribution in [0.15, 0.2) is 48.5 Å². The summed E-state index contributed by atoms with van der Waals surface area (Å²) in [6, 6.07) is 13.8. The minimum atomic E-state index is -1.19. The number of aliphatic hydroxyl groups excluding tert-OH is 1. The van der Waals surface area contributed by atoms with Gasteiger partial charge in [-0.15, -0.1) is 0 Å². The Labute approximate surface area is 244 Å². The number of ether oxygens (including phenoxy) is 1. The van der Waals surface area contributed by atoms with Crippen LogP contribution in [0.1, 0.15) is 43.4 Å². The fourth-order valence-electron chi connectivity index (χ4n) is 6.94. The Morgan fingerprint density at radius 1 is 1.12 bits per heavy atom. The maximum absolute atomic E-state index is 14.3. The second-order valence-electron chi connectivity index (χ2n) is 11.5. The number of carbonyl (C=O) groups excluding carboxylic acids is 3. The molecule has 3 saturated heterocycles. The van der Waals surface area contributed by atoms with Gasteiger partial charge in [-0.05, 0) is 42.9 Å². The Morgan fingerprint density at radius 2 is 1.80 bits per heavy atom. The van der Waals surface area contributed by atoms with Gasteiger partial charge in [0, 0.05) is 17.1 Å². The first-order valence-corrected chi connectivity index (χ1v) is 15.0. The van der Waals surface area contributed by atoms with E-state index in [0.29, 0.717) is 25.1 Å². The Bertz CT molecular complexity index is 1270. The first-order valence-electron chi connectivity index (χ1n) is 14.1. The highest BCUT2D eigenvalue weighted by atomic mass is 79.9. The lowest BCUT2D eigenvalue weighted by atomic mass is 9.70. The number of nitrogens with one attached hydrogen (secondary N) is 2. The Morgan fingerprint density at radius 3 is 2.42 bits per heavy atom. The van der Waals surface area contributed by atoms with Crippen molar-refractivity contribution in [2.75, 3.05) is 11.9 Å². The van der Waals surface area contributed by atoms with Gasteiger partial charge in [-0.25, -0.2) is 0 Å². The van der Waals surface area contributed by atoms with E-state index in [4.69, 9.17) is 4.74 Å². The van der Waals surface area contributed by atoms with Crippen molar-refractivity contribution in [1.29, 1.82) is 0 Å². The summed E-state index contributed by atoms with van der Waals surface area (Å²) in [4.78, 5) is 43.6. The summed E-state index contributed by atoms with van der Waals surface area (Å²) in [6.45, 7) is 7.86. The van der Waals surface area contributed by atoms with Crippen LogP contribution in [0.5, 0.6) is 0 Å². The van der Waals surface area contributed by atoms with E-state index in [1.807, 2.05) is 76.2 Å². The molecule has 0 radical (unpaired) electrons. The van der Waals surface area contributed by atoms with Crippen LogP contribution in [-0.2, 0) is 25.7 Å². The molecule has 3 N–H and O–H groups in total. The van der Waals surface area contributed by atoms with Crippen molar-refractivity contribution in [2.45, 2.75) is 75.7 Å². The minimum Gasteiger partial charge on any atom is -0.394 e. The number of nitrogens with zero attached hydrogens (tertiary/aromatic N) is 1. The largest absolute Gasteiger partial charge is 0.394 e. The van der Waals surface area contributed by atoms with Crippen molar-refractivity contribution in [1.82, 2.24) is 10.2 Å². The smallest absolute Gasteiger partial charge is 0.250 e. The molecule has 9 heteroatoms. The molecule has 40 heavy (non-hydrogen) atoms. The van der Waals surface area contributed by atoms with Gasteiger partial charge in [0.25, 0.3) is 0 Å². The SMILES string of the molecule is CC[C@H](C)[C@H](CO)N1C(=O)[C@@H]2[C@H](C(=O)NCc3ccccc3)[C@H]3OC2(CC3Br)C1C(=O)Nc1c(C)cccc1C. The summed E-state index contributed by atoms with van der Waals surface area (Å²) in [6.07, 6.45) is 0.582. The molecule has 1 spiro atoms. The average molecular weight is 613 g/mol. The number of fused-ring (bicyclic) bond motifs is 1. The zero-order chi connectivity index (χ0) is 28.8. The number of rotatable bonds is 9. The van der Waals surface area contributed by atoms with Gasteiger partial charge in [0.2, 0.25) is 17.7 Å². The third-order valence-corrected chi connectivity index (χ3v) is 10.0. The van der Waals surface area contributed by atoms with E-state index in [-0.39, 0.29) is 35.1 Å². The van der Waals surface area contributed by atoms with Gasteiger partial charge in [-0.3, -0.25) is 14.4 Å². The lowest BCUT2D eigenvalue weighted by molar-refractivity contribution is -0.145. The van der Waals surface area contributed by atoms with Crippen LogP contribution in [0.3, 0.4) is 0 Å². The number of aliphatic hydroxyl groups is 1. The first-order chi connectivity index (χ1) is 19.1. The van der Waals surface area contributed by atoms with Crippen molar-refractivity contribution >= 4 is 39.3 Å². The van der Waals surface area contributed by atoms with Crippen LogP contribution in [-0.4, -0.2) is 63.0 Å². The Balaban J connectivity index is 1.53.